The minimum Gasteiger partial charge on any atom is -0.469 e. The zero-order valence-electron chi connectivity index (χ0n) is 8.75. The van der Waals surface area contributed by atoms with Gasteiger partial charge in [0.1, 0.15) is 0 Å². The zero-order chi connectivity index (χ0) is 10.3. The van der Waals surface area contributed by atoms with Gasteiger partial charge in [-0.3, -0.25) is 4.79 Å². The van der Waals surface area contributed by atoms with Gasteiger partial charge in [-0.2, -0.15) is 0 Å². The van der Waals surface area contributed by atoms with E-state index in [4.69, 9.17) is 16.3 Å². The summed E-state index contributed by atoms with van der Waals surface area (Å²) in [4.78, 5) is 11.6. The first-order chi connectivity index (χ1) is 6.58. The quantitative estimate of drug-likeness (QED) is 0.498. The van der Waals surface area contributed by atoms with E-state index in [1.54, 1.807) is 0 Å². The van der Waals surface area contributed by atoms with Gasteiger partial charge in [0, 0.05) is 5.38 Å². The third-order valence-corrected chi connectivity index (χ3v) is 4.88. The average Bonchev–Trinajstić information content (AvgIpc) is 2.37. The van der Waals surface area contributed by atoms with Gasteiger partial charge in [-0.1, -0.05) is 13.3 Å². The Morgan fingerprint density at radius 3 is 2.86 bits per heavy atom. The molecule has 2 rings (SSSR count). The summed E-state index contributed by atoms with van der Waals surface area (Å²) in [5.41, 5.74) is 0.170. The van der Waals surface area contributed by atoms with Crippen molar-refractivity contribution in [3.8, 4) is 0 Å². The first-order valence-electron chi connectivity index (χ1n) is 5.30. The van der Waals surface area contributed by atoms with Crippen LogP contribution in [0, 0.1) is 17.3 Å². The number of carbonyl (C=O) groups is 1. The second-order valence-electron chi connectivity index (χ2n) is 4.95. The summed E-state index contributed by atoms with van der Waals surface area (Å²) in [6.07, 6.45) is 4.37. The SMILES string of the molecule is COC(=O)[C@H]1C[C@@]2(C)CCC[C@@H]1[C@@H]2Cl. The Hall–Kier alpha value is -0.240. The lowest BCUT2D eigenvalue weighted by molar-refractivity contribution is -0.146. The first-order valence-corrected chi connectivity index (χ1v) is 5.74. The smallest absolute Gasteiger partial charge is 0.309 e. The molecule has 2 aliphatic carbocycles. The topological polar surface area (TPSA) is 26.3 Å². The summed E-state index contributed by atoms with van der Waals surface area (Å²) in [5, 5.41) is 0.167. The molecule has 2 saturated carbocycles. The van der Waals surface area contributed by atoms with Crippen LogP contribution in [0.2, 0.25) is 0 Å². The summed E-state index contributed by atoms with van der Waals surface area (Å²) in [7, 11) is 1.47. The monoisotopic (exact) mass is 216 g/mol. The fourth-order valence-electron chi connectivity index (χ4n) is 3.23. The number of ether oxygens (including phenoxy) is 1. The highest BCUT2D eigenvalue weighted by Crippen LogP contribution is 2.56. The minimum absolute atomic E-state index is 0.0509. The second-order valence-corrected chi connectivity index (χ2v) is 5.42. The third-order valence-electron chi connectivity index (χ3n) is 4.03. The van der Waals surface area contributed by atoms with Crippen LogP contribution in [0.25, 0.3) is 0 Å². The van der Waals surface area contributed by atoms with Gasteiger partial charge in [0.05, 0.1) is 13.0 Å². The summed E-state index contributed by atoms with van der Waals surface area (Å²) >= 11 is 6.41. The summed E-state index contributed by atoms with van der Waals surface area (Å²) in [6, 6.07) is 0. The van der Waals surface area contributed by atoms with Crippen LogP contribution < -0.4 is 0 Å². The number of fused-ring (bicyclic) bond motifs is 2. The van der Waals surface area contributed by atoms with E-state index in [-0.39, 0.29) is 22.7 Å². The molecule has 0 N–H and O–H groups in total. The van der Waals surface area contributed by atoms with E-state index in [0.717, 1.165) is 19.3 Å². The Morgan fingerprint density at radius 1 is 1.57 bits per heavy atom. The highest BCUT2D eigenvalue weighted by Gasteiger charge is 2.54. The summed E-state index contributed by atoms with van der Waals surface area (Å²) in [6.45, 7) is 2.21. The maximum Gasteiger partial charge on any atom is 0.309 e. The highest BCUT2D eigenvalue weighted by molar-refractivity contribution is 6.21. The molecule has 2 fully saturated rings. The average molecular weight is 217 g/mol. The molecule has 0 aromatic heterocycles. The molecule has 0 heterocycles. The molecular formula is C11H17ClO2. The van der Waals surface area contributed by atoms with Gasteiger partial charge in [0.2, 0.25) is 0 Å². The van der Waals surface area contributed by atoms with E-state index in [1.807, 2.05) is 0 Å². The number of halogens is 1. The molecule has 2 aliphatic rings. The number of methoxy groups -OCH3 is 1. The van der Waals surface area contributed by atoms with E-state index in [1.165, 1.54) is 13.5 Å². The molecule has 0 spiro atoms. The molecular weight excluding hydrogens is 200 g/mol. The van der Waals surface area contributed by atoms with Crippen molar-refractivity contribution in [2.24, 2.45) is 17.3 Å². The fraction of sp³-hybridized carbons (Fsp3) is 0.909. The Morgan fingerprint density at radius 2 is 2.29 bits per heavy atom. The molecule has 4 atom stereocenters. The van der Waals surface area contributed by atoms with Gasteiger partial charge in [-0.25, -0.2) is 0 Å². The number of esters is 1. The van der Waals surface area contributed by atoms with Crippen molar-refractivity contribution >= 4 is 17.6 Å². The predicted molar refractivity (Wildman–Crippen MR) is 55.2 cm³/mol. The first kappa shape index (κ1) is 10.3. The molecule has 0 saturated heterocycles. The highest BCUT2D eigenvalue weighted by atomic mass is 35.5. The molecule has 80 valence electrons. The van der Waals surface area contributed by atoms with Gasteiger partial charge in [0.25, 0.3) is 0 Å². The van der Waals surface area contributed by atoms with Crippen LogP contribution >= 0.6 is 11.6 Å². The van der Waals surface area contributed by atoms with Crippen molar-refractivity contribution in [3.05, 3.63) is 0 Å². The van der Waals surface area contributed by atoms with Crippen LogP contribution in [-0.2, 0) is 9.53 Å². The third kappa shape index (κ3) is 1.35. The van der Waals surface area contributed by atoms with Crippen LogP contribution in [0.3, 0.4) is 0 Å². The zero-order valence-corrected chi connectivity index (χ0v) is 9.51. The maximum atomic E-state index is 11.6. The van der Waals surface area contributed by atoms with E-state index < -0.39 is 0 Å². The van der Waals surface area contributed by atoms with Crippen molar-refractivity contribution in [1.82, 2.24) is 0 Å². The Kier molecular flexibility index (Phi) is 2.50. The second kappa shape index (κ2) is 3.41. The van der Waals surface area contributed by atoms with Gasteiger partial charge in [-0.15, -0.1) is 11.6 Å². The summed E-state index contributed by atoms with van der Waals surface area (Å²) < 4.78 is 4.84. The van der Waals surface area contributed by atoms with Gasteiger partial charge in [-0.05, 0) is 30.6 Å². The van der Waals surface area contributed by atoms with E-state index in [2.05, 4.69) is 6.92 Å². The van der Waals surface area contributed by atoms with Crippen molar-refractivity contribution in [1.29, 1.82) is 0 Å². The van der Waals surface area contributed by atoms with Gasteiger partial charge in [0.15, 0.2) is 0 Å². The Bertz CT molecular complexity index is 254. The molecule has 14 heavy (non-hydrogen) atoms. The molecule has 3 heteroatoms. The largest absolute Gasteiger partial charge is 0.469 e. The standard InChI is InChI=1S/C11H17ClO2/c1-11-5-3-4-7(9(11)12)8(6-11)10(13)14-2/h7-9H,3-6H2,1-2H3/t7-,8-,9-,11+/m0/s1. The molecule has 0 radical (unpaired) electrons. The molecule has 0 aliphatic heterocycles. The van der Waals surface area contributed by atoms with Crippen molar-refractivity contribution in [3.63, 3.8) is 0 Å². The van der Waals surface area contributed by atoms with Gasteiger partial charge < -0.3 is 4.74 Å². The number of carbonyl (C=O) groups excluding carboxylic acids is 1. The number of rotatable bonds is 1. The number of hydrogen-bond donors (Lipinski definition) is 0. The number of hydrogen-bond acceptors (Lipinski definition) is 2. The molecule has 0 aromatic carbocycles. The molecule has 0 aromatic rings. The normalized spacial score (nSPS) is 46.4. The van der Waals surface area contributed by atoms with Crippen molar-refractivity contribution in [2.75, 3.05) is 7.11 Å². The minimum atomic E-state index is -0.0636. The predicted octanol–water partition coefficient (Wildman–Crippen LogP) is 2.59. The summed E-state index contributed by atoms with van der Waals surface area (Å²) in [5.74, 6) is 0.337. The Labute approximate surface area is 90.0 Å². The molecule has 2 nitrogen and oxygen atoms in total. The van der Waals surface area contributed by atoms with E-state index >= 15 is 0 Å². The lowest BCUT2D eigenvalue weighted by Gasteiger charge is -2.34. The lowest BCUT2D eigenvalue weighted by atomic mass is 9.77. The maximum absolute atomic E-state index is 11.6. The van der Waals surface area contributed by atoms with Crippen molar-refractivity contribution in [2.45, 2.75) is 38.0 Å². The van der Waals surface area contributed by atoms with E-state index in [9.17, 15) is 4.79 Å². The molecule has 2 bridgehead atoms. The molecule has 0 unspecified atom stereocenters. The Balaban J connectivity index is 2.21. The van der Waals surface area contributed by atoms with Crippen molar-refractivity contribution < 1.29 is 9.53 Å². The lowest BCUT2D eigenvalue weighted by Crippen LogP contribution is -2.31. The van der Waals surface area contributed by atoms with Crippen LogP contribution in [0.5, 0.6) is 0 Å². The van der Waals surface area contributed by atoms with E-state index in [0.29, 0.717) is 5.92 Å². The van der Waals surface area contributed by atoms with Crippen LogP contribution in [0.4, 0.5) is 0 Å². The van der Waals surface area contributed by atoms with Crippen LogP contribution in [-0.4, -0.2) is 18.5 Å². The van der Waals surface area contributed by atoms with Crippen LogP contribution in [0.1, 0.15) is 32.6 Å². The molecule has 0 amide bonds. The number of alkyl halides is 1. The fourth-order valence-corrected chi connectivity index (χ4v) is 3.73. The van der Waals surface area contributed by atoms with Gasteiger partial charge >= 0.3 is 5.97 Å². The van der Waals surface area contributed by atoms with Crippen LogP contribution in [0.15, 0.2) is 0 Å².